The molecule has 0 bridgehead atoms. The van der Waals surface area contributed by atoms with Gasteiger partial charge in [-0.05, 0) is 38.7 Å². The van der Waals surface area contributed by atoms with E-state index in [0.717, 1.165) is 47.8 Å². The van der Waals surface area contributed by atoms with Crippen molar-refractivity contribution in [3.05, 3.63) is 53.8 Å². The van der Waals surface area contributed by atoms with Crippen LogP contribution in [0.15, 0.2) is 35.6 Å². The molecule has 0 N–H and O–H groups in total. The molecule has 27 heavy (non-hydrogen) atoms. The van der Waals surface area contributed by atoms with E-state index in [1.54, 1.807) is 18.7 Å². The van der Waals surface area contributed by atoms with Gasteiger partial charge in [0.05, 0.1) is 22.5 Å². The number of nitrogens with zero attached hydrogens (tertiary/aromatic N) is 6. The van der Waals surface area contributed by atoms with Gasteiger partial charge in [0.1, 0.15) is 18.4 Å². The molecule has 0 aliphatic carbocycles. The molecule has 1 unspecified atom stereocenters. The number of aryl methyl sites for hydroxylation is 2. The summed E-state index contributed by atoms with van der Waals surface area (Å²) in [5.41, 5.74) is 4.05. The van der Waals surface area contributed by atoms with Gasteiger partial charge in [-0.25, -0.2) is 19.9 Å². The average molecular weight is 364 g/mol. The highest BCUT2D eigenvalue weighted by atomic mass is 16.5. The van der Waals surface area contributed by atoms with E-state index in [0.29, 0.717) is 18.0 Å². The molecule has 1 amide bonds. The molecule has 8 nitrogen and oxygen atoms in total. The predicted octanol–water partition coefficient (Wildman–Crippen LogP) is 2.24. The fourth-order valence-electron chi connectivity index (χ4n) is 3.57. The van der Waals surface area contributed by atoms with E-state index in [4.69, 9.17) is 4.52 Å². The summed E-state index contributed by atoms with van der Waals surface area (Å²) in [5, 5.41) is 3.99. The third kappa shape index (κ3) is 3.55. The predicted molar refractivity (Wildman–Crippen MR) is 96.7 cm³/mol. The SMILES string of the molecule is Cc1noc(C)c1-c1cc(CC2CCN(C(=O)c3cncnc3)C2)ncn1. The molecule has 0 spiro atoms. The molecule has 3 aromatic rings. The van der Waals surface area contributed by atoms with Gasteiger partial charge in [0.15, 0.2) is 0 Å². The van der Waals surface area contributed by atoms with Crippen molar-refractivity contribution in [2.45, 2.75) is 26.7 Å². The van der Waals surface area contributed by atoms with Crippen LogP contribution in [0.2, 0.25) is 0 Å². The molecule has 1 aliphatic rings. The lowest BCUT2D eigenvalue weighted by molar-refractivity contribution is 0.0786. The third-order valence-electron chi connectivity index (χ3n) is 4.89. The van der Waals surface area contributed by atoms with Crippen LogP contribution in [0.1, 0.15) is 33.9 Å². The van der Waals surface area contributed by atoms with E-state index < -0.39 is 0 Å². The molecule has 4 rings (SSSR count). The van der Waals surface area contributed by atoms with Gasteiger partial charge in [0.25, 0.3) is 5.91 Å². The number of hydrogen-bond donors (Lipinski definition) is 0. The second kappa shape index (κ2) is 7.22. The zero-order valence-electron chi connectivity index (χ0n) is 15.3. The lowest BCUT2D eigenvalue weighted by Gasteiger charge is -2.16. The summed E-state index contributed by atoms with van der Waals surface area (Å²) in [4.78, 5) is 31.0. The summed E-state index contributed by atoms with van der Waals surface area (Å²) in [6, 6.07) is 1.99. The molecule has 0 radical (unpaired) electrons. The Morgan fingerprint density at radius 2 is 2.04 bits per heavy atom. The van der Waals surface area contributed by atoms with E-state index in [-0.39, 0.29) is 5.91 Å². The Kier molecular flexibility index (Phi) is 4.62. The molecule has 0 saturated carbocycles. The molecule has 138 valence electrons. The quantitative estimate of drug-likeness (QED) is 0.700. The van der Waals surface area contributed by atoms with Crippen LogP contribution in [0.3, 0.4) is 0 Å². The van der Waals surface area contributed by atoms with Crippen molar-refractivity contribution in [3.63, 3.8) is 0 Å². The van der Waals surface area contributed by atoms with Gasteiger partial charge in [0, 0.05) is 31.2 Å². The maximum Gasteiger partial charge on any atom is 0.256 e. The minimum atomic E-state index is -0.0165. The number of likely N-dealkylation sites (tertiary alicyclic amines) is 1. The largest absolute Gasteiger partial charge is 0.361 e. The van der Waals surface area contributed by atoms with E-state index >= 15 is 0 Å². The average Bonchev–Trinajstić information content (AvgIpc) is 3.28. The summed E-state index contributed by atoms with van der Waals surface area (Å²) < 4.78 is 5.24. The Hall–Kier alpha value is -3.16. The van der Waals surface area contributed by atoms with Gasteiger partial charge in [0.2, 0.25) is 0 Å². The first-order chi connectivity index (χ1) is 13.1. The van der Waals surface area contributed by atoms with Gasteiger partial charge in [-0.1, -0.05) is 5.16 Å². The molecule has 1 saturated heterocycles. The highest BCUT2D eigenvalue weighted by Gasteiger charge is 2.28. The molecule has 0 aromatic carbocycles. The highest BCUT2D eigenvalue weighted by molar-refractivity contribution is 5.93. The first-order valence-corrected chi connectivity index (χ1v) is 8.90. The van der Waals surface area contributed by atoms with Crippen LogP contribution in [-0.4, -0.2) is 49.0 Å². The van der Waals surface area contributed by atoms with Gasteiger partial charge in [-0.3, -0.25) is 4.79 Å². The Bertz CT molecular complexity index is 936. The van der Waals surface area contributed by atoms with Crippen molar-refractivity contribution in [1.82, 2.24) is 30.0 Å². The Morgan fingerprint density at radius 1 is 1.22 bits per heavy atom. The smallest absolute Gasteiger partial charge is 0.256 e. The minimum Gasteiger partial charge on any atom is -0.361 e. The summed E-state index contributed by atoms with van der Waals surface area (Å²) in [6.45, 7) is 5.23. The number of carbonyl (C=O) groups excluding carboxylic acids is 1. The van der Waals surface area contributed by atoms with Gasteiger partial charge < -0.3 is 9.42 Å². The van der Waals surface area contributed by atoms with Crippen molar-refractivity contribution in [3.8, 4) is 11.3 Å². The highest BCUT2D eigenvalue weighted by Crippen LogP contribution is 2.27. The summed E-state index contributed by atoms with van der Waals surface area (Å²) in [7, 11) is 0. The molecule has 4 heterocycles. The Labute approximate surface area is 156 Å². The lowest BCUT2D eigenvalue weighted by Crippen LogP contribution is -2.29. The van der Waals surface area contributed by atoms with Gasteiger partial charge >= 0.3 is 0 Å². The van der Waals surface area contributed by atoms with Crippen LogP contribution in [0.25, 0.3) is 11.3 Å². The summed E-state index contributed by atoms with van der Waals surface area (Å²) in [6.07, 6.45) is 7.87. The molecule has 1 aliphatic heterocycles. The molecule has 3 aromatic heterocycles. The first kappa shape index (κ1) is 17.3. The molecular weight excluding hydrogens is 344 g/mol. The van der Waals surface area contributed by atoms with Gasteiger partial charge in [-0.15, -0.1) is 0 Å². The second-order valence-corrected chi connectivity index (χ2v) is 6.83. The maximum atomic E-state index is 12.5. The standard InChI is InChI=1S/C19H20N6O2/c1-12-18(13(2)27-24-12)17-6-16(22-11-23-17)5-14-3-4-25(9-14)19(26)15-7-20-10-21-8-15/h6-8,10-11,14H,3-5,9H2,1-2H3. The van der Waals surface area contributed by atoms with Crippen LogP contribution in [-0.2, 0) is 6.42 Å². The molecule has 1 atom stereocenters. The van der Waals surface area contributed by atoms with Gasteiger partial charge in [-0.2, -0.15) is 0 Å². The number of hydrogen-bond acceptors (Lipinski definition) is 7. The summed E-state index contributed by atoms with van der Waals surface area (Å²) in [5.74, 6) is 1.10. The van der Waals surface area contributed by atoms with Crippen LogP contribution >= 0.6 is 0 Å². The van der Waals surface area contributed by atoms with Crippen molar-refractivity contribution in [2.24, 2.45) is 5.92 Å². The van der Waals surface area contributed by atoms with Crippen molar-refractivity contribution in [2.75, 3.05) is 13.1 Å². The normalized spacial score (nSPS) is 16.7. The monoisotopic (exact) mass is 364 g/mol. The Balaban J connectivity index is 1.45. The summed E-state index contributed by atoms with van der Waals surface area (Å²) >= 11 is 0. The zero-order chi connectivity index (χ0) is 18.8. The van der Waals surface area contributed by atoms with Crippen molar-refractivity contribution in [1.29, 1.82) is 0 Å². The lowest BCUT2D eigenvalue weighted by atomic mass is 10.0. The maximum absolute atomic E-state index is 12.5. The van der Waals surface area contributed by atoms with Crippen LogP contribution < -0.4 is 0 Å². The fourth-order valence-corrected chi connectivity index (χ4v) is 3.57. The Morgan fingerprint density at radius 3 is 2.78 bits per heavy atom. The molecule has 8 heteroatoms. The van der Waals surface area contributed by atoms with Crippen molar-refractivity contribution < 1.29 is 9.32 Å². The van der Waals surface area contributed by atoms with E-state index in [1.165, 1.54) is 6.33 Å². The number of rotatable bonds is 4. The van der Waals surface area contributed by atoms with Crippen LogP contribution in [0.4, 0.5) is 0 Å². The fraction of sp³-hybridized carbons (Fsp3) is 0.368. The van der Waals surface area contributed by atoms with Crippen LogP contribution in [0.5, 0.6) is 0 Å². The first-order valence-electron chi connectivity index (χ1n) is 8.90. The number of carbonyl (C=O) groups is 1. The molecule has 1 fully saturated rings. The second-order valence-electron chi connectivity index (χ2n) is 6.83. The minimum absolute atomic E-state index is 0.0165. The molecular formula is C19H20N6O2. The third-order valence-corrected chi connectivity index (χ3v) is 4.89. The van der Waals surface area contributed by atoms with Crippen molar-refractivity contribution >= 4 is 5.91 Å². The topological polar surface area (TPSA) is 97.9 Å². The van der Waals surface area contributed by atoms with E-state index in [1.807, 2.05) is 24.8 Å². The van der Waals surface area contributed by atoms with E-state index in [2.05, 4.69) is 25.1 Å². The van der Waals surface area contributed by atoms with Crippen LogP contribution in [0, 0.1) is 19.8 Å². The zero-order valence-corrected chi connectivity index (χ0v) is 15.3. The van der Waals surface area contributed by atoms with E-state index in [9.17, 15) is 4.79 Å². The number of aromatic nitrogens is 5. The number of amides is 1.